The van der Waals surface area contributed by atoms with Crippen molar-refractivity contribution in [2.24, 2.45) is 0 Å². The molecular weight excluding hydrogens is 351 g/mol. The number of amides is 1. The normalized spacial score (nSPS) is 12.6. The standard InChI is InChI=1S/C18H18F3NO2S/c1-11-8-9-15(24-3)14(10-11)12(2)22-17(23)13-6-4-5-7-16(13)25-18(19,20)21/h4-10,12H,1-3H3,(H,22,23). The molecule has 0 aliphatic heterocycles. The van der Waals surface area contributed by atoms with Gasteiger partial charge in [-0.3, -0.25) is 4.79 Å². The predicted molar refractivity (Wildman–Crippen MR) is 92.0 cm³/mol. The van der Waals surface area contributed by atoms with Crippen LogP contribution in [0.15, 0.2) is 47.4 Å². The Hall–Kier alpha value is -2.15. The lowest BCUT2D eigenvalue weighted by atomic mass is 10.0. The molecule has 0 spiro atoms. The molecule has 1 unspecified atom stereocenters. The maximum Gasteiger partial charge on any atom is 0.446 e. The lowest BCUT2D eigenvalue weighted by Gasteiger charge is -2.19. The van der Waals surface area contributed by atoms with Gasteiger partial charge in [0.15, 0.2) is 0 Å². The van der Waals surface area contributed by atoms with E-state index in [-0.39, 0.29) is 22.2 Å². The van der Waals surface area contributed by atoms with E-state index in [4.69, 9.17) is 4.74 Å². The van der Waals surface area contributed by atoms with Crippen LogP contribution in [0.5, 0.6) is 5.75 Å². The highest BCUT2D eigenvalue weighted by Gasteiger charge is 2.31. The highest BCUT2D eigenvalue weighted by molar-refractivity contribution is 8.00. The summed E-state index contributed by atoms with van der Waals surface area (Å²) < 4.78 is 43.3. The van der Waals surface area contributed by atoms with Gasteiger partial charge in [0.05, 0.1) is 18.7 Å². The highest BCUT2D eigenvalue weighted by Crippen LogP contribution is 2.38. The second-order valence-corrected chi connectivity index (χ2v) is 6.59. The summed E-state index contributed by atoms with van der Waals surface area (Å²) in [7, 11) is 1.53. The fraction of sp³-hybridized carbons (Fsp3) is 0.278. The van der Waals surface area contributed by atoms with E-state index in [9.17, 15) is 18.0 Å². The Balaban J connectivity index is 2.24. The summed E-state index contributed by atoms with van der Waals surface area (Å²) in [4.78, 5) is 12.4. The van der Waals surface area contributed by atoms with Crippen LogP contribution in [-0.4, -0.2) is 18.5 Å². The molecule has 0 radical (unpaired) electrons. The molecule has 2 rings (SSSR count). The van der Waals surface area contributed by atoms with E-state index in [0.29, 0.717) is 5.75 Å². The van der Waals surface area contributed by atoms with E-state index in [1.165, 1.54) is 31.4 Å². The Kier molecular flexibility index (Phi) is 6.00. The number of rotatable bonds is 5. The first-order valence-electron chi connectivity index (χ1n) is 7.51. The van der Waals surface area contributed by atoms with Gasteiger partial charge < -0.3 is 10.1 Å². The number of carbonyl (C=O) groups is 1. The lowest BCUT2D eigenvalue weighted by molar-refractivity contribution is -0.0328. The summed E-state index contributed by atoms with van der Waals surface area (Å²) in [5, 5.41) is 2.74. The molecule has 2 aromatic rings. The van der Waals surface area contributed by atoms with Gasteiger partial charge in [0.2, 0.25) is 0 Å². The van der Waals surface area contributed by atoms with Crippen molar-refractivity contribution in [1.82, 2.24) is 5.32 Å². The molecule has 1 amide bonds. The van der Waals surface area contributed by atoms with E-state index >= 15 is 0 Å². The third-order valence-corrected chi connectivity index (χ3v) is 4.36. The van der Waals surface area contributed by atoms with Crippen LogP contribution >= 0.6 is 11.8 Å². The Labute approximate surface area is 148 Å². The van der Waals surface area contributed by atoms with Gasteiger partial charge in [-0.05, 0) is 43.8 Å². The smallest absolute Gasteiger partial charge is 0.446 e. The van der Waals surface area contributed by atoms with Gasteiger partial charge >= 0.3 is 5.51 Å². The van der Waals surface area contributed by atoms with Crippen molar-refractivity contribution in [3.8, 4) is 5.75 Å². The molecule has 0 heterocycles. The van der Waals surface area contributed by atoms with Crippen molar-refractivity contribution in [2.45, 2.75) is 30.3 Å². The molecular formula is C18H18F3NO2S. The Morgan fingerprint density at radius 2 is 1.88 bits per heavy atom. The fourth-order valence-corrected chi connectivity index (χ4v) is 3.08. The minimum absolute atomic E-state index is 0.0108. The van der Waals surface area contributed by atoms with Crippen LogP contribution in [-0.2, 0) is 0 Å². The molecule has 1 N–H and O–H groups in total. The van der Waals surface area contributed by atoms with Crippen molar-refractivity contribution in [2.75, 3.05) is 7.11 Å². The van der Waals surface area contributed by atoms with Crippen molar-refractivity contribution in [3.05, 3.63) is 59.2 Å². The molecule has 3 nitrogen and oxygen atoms in total. The number of methoxy groups -OCH3 is 1. The number of hydrogen-bond donors (Lipinski definition) is 1. The second-order valence-electron chi connectivity index (χ2n) is 5.48. The monoisotopic (exact) mass is 369 g/mol. The Bertz CT molecular complexity index is 762. The molecule has 2 aromatic carbocycles. The largest absolute Gasteiger partial charge is 0.496 e. The van der Waals surface area contributed by atoms with Crippen LogP contribution in [0.3, 0.4) is 0 Å². The zero-order chi connectivity index (χ0) is 18.6. The highest BCUT2D eigenvalue weighted by atomic mass is 32.2. The van der Waals surface area contributed by atoms with E-state index in [2.05, 4.69) is 5.32 Å². The van der Waals surface area contributed by atoms with E-state index in [1.807, 2.05) is 19.1 Å². The van der Waals surface area contributed by atoms with Crippen molar-refractivity contribution in [1.29, 1.82) is 0 Å². The summed E-state index contributed by atoms with van der Waals surface area (Å²) in [6, 6.07) is 10.8. The van der Waals surface area contributed by atoms with Crippen LogP contribution in [0.4, 0.5) is 13.2 Å². The number of alkyl halides is 3. The van der Waals surface area contributed by atoms with Gasteiger partial charge in [-0.2, -0.15) is 13.2 Å². The summed E-state index contributed by atoms with van der Waals surface area (Å²) in [6.45, 7) is 3.67. The third kappa shape index (κ3) is 5.16. The van der Waals surface area contributed by atoms with E-state index in [0.717, 1.165) is 11.1 Å². The molecule has 0 aromatic heterocycles. The number of thioether (sulfide) groups is 1. The van der Waals surface area contributed by atoms with Crippen molar-refractivity contribution in [3.63, 3.8) is 0 Å². The topological polar surface area (TPSA) is 38.3 Å². The SMILES string of the molecule is COc1ccc(C)cc1C(C)NC(=O)c1ccccc1SC(F)(F)F. The summed E-state index contributed by atoms with van der Waals surface area (Å²) in [5.74, 6) is 0.0414. The number of hydrogen-bond acceptors (Lipinski definition) is 3. The van der Waals surface area contributed by atoms with Gasteiger partial charge in [0, 0.05) is 10.5 Å². The van der Waals surface area contributed by atoms with Crippen molar-refractivity contribution >= 4 is 17.7 Å². The summed E-state index contributed by atoms with van der Waals surface area (Å²) in [6.07, 6.45) is 0. The molecule has 0 fully saturated rings. The molecule has 0 aliphatic carbocycles. The molecule has 7 heteroatoms. The first-order valence-corrected chi connectivity index (χ1v) is 8.33. The van der Waals surface area contributed by atoms with Gasteiger partial charge in [0.1, 0.15) is 5.75 Å². The molecule has 1 atom stereocenters. The molecule has 0 saturated carbocycles. The van der Waals surface area contributed by atoms with Crippen LogP contribution in [0, 0.1) is 6.92 Å². The van der Waals surface area contributed by atoms with Crippen LogP contribution < -0.4 is 10.1 Å². The number of nitrogens with one attached hydrogen (secondary N) is 1. The minimum Gasteiger partial charge on any atom is -0.496 e. The number of aryl methyl sites for hydroxylation is 1. The van der Waals surface area contributed by atoms with Gasteiger partial charge in [-0.15, -0.1) is 0 Å². The first kappa shape index (κ1) is 19.2. The maximum atomic E-state index is 12.7. The van der Waals surface area contributed by atoms with Gasteiger partial charge in [-0.25, -0.2) is 0 Å². The maximum absolute atomic E-state index is 12.7. The molecule has 0 bridgehead atoms. The number of benzene rings is 2. The predicted octanol–water partition coefficient (Wildman–Crippen LogP) is 5.11. The Morgan fingerprint density at radius 1 is 1.20 bits per heavy atom. The quantitative estimate of drug-likeness (QED) is 0.745. The van der Waals surface area contributed by atoms with Crippen LogP contribution in [0.25, 0.3) is 0 Å². The second kappa shape index (κ2) is 7.82. The Morgan fingerprint density at radius 3 is 2.52 bits per heavy atom. The van der Waals surface area contributed by atoms with Crippen LogP contribution in [0.2, 0.25) is 0 Å². The van der Waals surface area contributed by atoms with Crippen LogP contribution in [0.1, 0.15) is 34.5 Å². The number of carbonyl (C=O) groups excluding carboxylic acids is 1. The van der Waals surface area contributed by atoms with E-state index in [1.54, 1.807) is 13.0 Å². The molecule has 25 heavy (non-hydrogen) atoms. The number of halogens is 3. The van der Waals surface area contributed by atoms with Gasteiger partial charge in [-0.1, -0.05) is 29.8 Å². The number of ether oxygens (including phenoxy) is 1. The fourth-order valence-electron chi connectivity index (χ4n) is 2.41. The minimum atomic E-state index is -4.46. The van der Waals surface area contributed by atoms with Crippen molar-refractivity contribution < 1.29 is 22.7 Å². The third-order valence-electron chi connectivity index (χ3n) is 3.56. The first-order chi connectivity index (χ1) is 11.7. The lowest BCUT2D eigenvalue weighted by Crippen LogP contribution is -2.27. The molecule has 134 valence electrons. The zero-order valence-corrected chi connectivity index (χ0v) is 14.8. The summed E-state index contributed by atoms with van der Waals surface area (Å²) in [5.41, 5.74) is -2.72. The van der Waals surface area contributed by atoms with Gasteiger partial charge in [0.25, 0.3) is 5.91 Å². The van der Waals surface area contributed by atoms with E-state index < -0.39 is 17.5 Å². The molecule has 0 aliphatic rings. The zero-order valence-electron chi connectivity index (χ0n) is 14.0. The molecule has 0 saturated heterocycles. The average molecular weight is 369 g/mol. The average Bonchev–Trinajstić information content (AvgIpc) is 2.53. The summed E-state index contributed by atoms with van der Waals surface area (Å²) >= 11 is -0.297.